The lowest BCUT2D eigenvalue weighted by Crippen LogP contribution is -2.44. The lowest BCUT2D eigenvalue weighted by atomic mass is 10.1. The maximum atomic E-state index is 12.2. The maximum absolute atomic E-state index is 12.2. The number of ether oxygens (including phenoxy) is 1. The van der Waals surface area contributed by atoms with Crippen LogP contribution in [0.25, 0.3) is 23.0 Å². The van der Waals surface area contributed by atoms with Gasteiger partial charge in [0.15, 0.2) is 6.61 Å². The minimum Gasteiger partial charge on any atom is -0.452 e. The van der Waals surface area contributed by atoms with Crippen LogP contribution in [-0.2, 0) is 14.3 Å². The lowest BCUT2D eigenvalue weighted by molar-refractivity contribution is -0.143. The predicted molar refractivity (Wildman–Crippen MR) is 133 cm³/mol. The Kier molecular flexibility index (Phi) is 7.95. The molecule has 0 spiro atoms. The Balaban J connectivity index is 1.40. The fraction of sp³-hybridized carbons (Fsp3) is 0.231. The summed E-state index contributed by atoms with van der Waals surface area (Å²) < 4.78 is 6.70. The Morgan fingerprint density at radius 1 is 1.06 bits per heavy atom. The molecule has 0 radical (unpaired) electrons. The molecule has 1 fully saturated rings. The molecule has 3 amide bonds. The van der Waals surface area contributed by atoms with E-state index >= 15 is 0 Å². The van der Waals surface area contributed by atoms with Gasteiger partial charge in [-0.1, -0.05) is 54.8 Å². The van der Waals surface area contributed by atoms with Crippen LogP contribution < -0.4 is 10.6 Å². The summed E-state index contributed by atoms with van der Waals surface area (Å²) in [5, 5.41) is 10.2. The van der Waals surface area contributed by atoms with Gasteiger partial charge in [-0.3, -0.25) is 10.1 Å². The zero-order valence-corrected chi connectivity index (χ0v) is 19.7. The zero-order chi connectivity index (χ0) is 24.6. The van der Waals surface area contributed by atoms with Gasteiger partial charge in [-0.15, -0.1) is 0 Å². The number of nitrogens with one attached hydrogen (secondary N) is 2. The number of hydrogen-bond donors (Lipinski definition) is 2. The third-order valence-electron chi connectivity index (χ3n) is 5.57. The van der Waals surface area contributed by atoms with Crippen LogP contribution in [0.5, 0.6) is 0 Å². The third kappa shape index (κ3) is 6.80. The van der Waals surface area contributed by atoms with Crippen molar-refractivity contribution in [2.24, 2.45) is 0 Å². The SMILES string of the molecule is O=C(COC(=O)C=Cc1cn(-c2ccccc2)nc1-c1ccc(Cl)cc1)NC(=O)NC1CCCC1. The minimum atomic E-state index is -0.717. The molecule has 1 aromatic heterocycles. The normalized spacial score (nSPS) is 13.6. The first-order valence-electron chi connectivity index (χ1n) is 11.3. The van der Waals surface area contributed by atoms with E-state index in [1.54, 1.807) is 29.1 Å². The summed E-state index contributed by atoms with van der Waals surface area (Å²) >= 11 is 6.02. The summed E-state index contributed by atoms with van der Waals surface area (Å²) in [5.74, 6) is -1.41. The van der Waals surface area contributed by atoms with E-state index in [0.29, 0.717) is 16.3 Å². The first kappa shape index (κ1) is 24.2. The first-order valence-corrected chi connectivity index (χ1v) is 11.7. The van der Waals surface area contributed by atoms with E-state index in [-0.39, 0.29) is 6.04 Å². The zero-order valence-electron chi connectivity index (χ0n) is 18.9. The summed E-state index contributed by atoms with van der Waals surface area (Å²) in [6.07, 6.45) is 8.52. The van der Waals surface area contributed by atoms with Crippen LogP contribution in [0.4, 0.5) is 4.79 Å². The predicted octanol–water partition coefficient (Wildman–Crippen LogP) is 4.52. The topological polar surface area (TPSA) is 102 Å². The number of aromatic nitrogens is 2. The fourth-order valence-electron chi connectivity index (χ4n) is 3.85. The number of imide groups is 1. The number of para-hydroxylation sites is 1. The molecule has 1 heterocycles. The van der Waals surface area contributed by atoms with Gasteiger partial charge in [-0.05, 0) is 43.2 Å². The van der Waals surface area contributed by atoms with Crippen molar-refractivity contribution in [2.75, 3.05) is 6.61 Å². The molecular formula is C26H25ClN4O4. The molecule has 0 unspecified atom stereocenters. The number of carbonyl (C=O) groups excluding carboxylic acids is 3. The summed E-state index contributed by atoms with van der Waals surface area (Å²) in [6.45, 7) is -0.561. The number of nitrogens with zero attached hydrogens (tertiary/aromatic N) is 2. The summed E-state index contributed by atoms with van der Waals surface area (Å²) in [5.41, 5.74) is 3.01. The quantitative estimate of drug-likeness (QED) is 0.373. The number of halogens is 1. The van der Waals surface area contributed by atoms with E-state index in [1.165, 1.54) is 6.08 Å². The Hall–Kier alpha value is -3.91. The van der Waals surface area contributed by atoms with Crippen LogP contribution in [0, 0.1) is 0 Å². The van der Waals surface area contributed by atoms with Crippen molar-refractivity contribution in [3.63, 3.8) is 0 Å². The highest BCUT2D eigenvalue weighted by Crippen LogP contribution is 2.26. The van der Waals surface area contributed by atoms with Gasteiger partial charge in [0.05, 0.1) is 11.4 Å². The second-order valence-electron chi connectivity index (χ2n) is 8.16. The van der Waals surface area contributed by atoms with Crippen molar-refractivity contribution < 1.29 is 19.1 Å². The molecule has 2 aromatic carbocycles. The van der Waals surface area contributed by atoms with E-state index < -0.39 is 24.5 Å². The molecule has 0 bridgehead atoms. The first-order chi connectivity index (χ1) is 17.0. The van der Waals surface area contributed by atoms with Crippen molar-refractivity contribution >= 4 is 35.6 Å². The number of hydrogen-bond acceptors (Lipinski definition) is 5. The Morgan fingerprint density at radius 2 is 1.77 bits per heavy atom. The van der Waals surface area contributed by atoms with Gasteiger partial charge >= 0.3 is 12.0 Å². The number of esters is 1. The average Bonchev–Trinajstić information content (AvgIpc) is 3.52. The highest BCUT2D eigenvalue weighted by atomic mass is 35.5. The van der Waals surface area contributed by atoms with Gasteiger partial charge < -0.3 is 10.1 Å². The van der Waals surface area contributed by atoms with Crippen LogP contribution >= 0.6 is 11.6 Å². The summed E-state index contributed by atoms with van der Waals surface area (Å²) in [4.78, 5) is 36.0. The number of rotatable bonds is 7. The standard InChI is InChI=1S/C26H25ClN4O4/c27-20-13-10-18(11-14-20)25-19(16-31(30-25)22-8-2-1-3-9-22)12-15-24(33)35-17-23(32)29-26(34)28-21-6-4-5-7-21/h1-3,8-16,21H,4-7,17H2,(H2,28,29,32,34). The smallest absolute Gasteiger partial charge is 0.331 e. The highest BCUT2D eigenvalue weighted by molar-refractivity contribution is 6.30. The molecule has 180 valence electrons. The van der Waals surface area contributed by atoms with Gasteiger partial charge in [0.2, 0.25) is 0 Å². The maximum Gasteiger partial charge on any atom is 0.331 e. The van der Waals surface area contributed by atoms with Crippen molar-refractivity contribution in [3.05, 3.63) is 77.5 Å². The molecule has 4 rings (SSSR count). The van der Waals surface area contributed by atoms with Crippen molar-refractivity contribution in [1.29, 1.82) is 0 Å². The highest BCUT2D eigenvalue weighted by Gasteiger charge is 2.18. The largest absolute Gasteiger partial charge is 0.452 e. The van der Waals surface area contributed by atoms with Gasteiger partial charge in [-0.2, -0.15) is 5.10 Å². The van der Waals surface area contributed by atoms with Crippen LogP contribution in [0.15, 0.2) is 66.9 Å². The number of urea groups is 1. The van der Waals surface area contributed by atoms with E-state index in [1.807, 2.05) is 42.5 Å². The van der Waals surface area contributed by atoms with Gasteiger partial charge in [-0.25, -0.2) is 14.3 Å². The minimum absolute atomic E-state index is 0.0833. The molecule has 0 saturated heterocycles. The van der Waals surface area contributed by atoms with Gasteiger partial charge in [0.1, 0.15) is 0 Å². The molecular weight excluding hydrogens is 468 g/mol. The Bertz CT molecular complexity index is 1220. The Morgan fingerprint density at radius 3 is 2.49 bits per heavy atom. The molecule has 2 N–H and O–H groups in total. The van der Waals surface area contributed by atoms with Crippen molar-refractivity contribution in [3.8, 4) is 16.9 Å². The van der Waals surface area contributed by atoms with Gasteiger partial charge in [0.25, 0.3) is 5.91 Å². The van der Waals surface area contributed by atoms with Crippen molar-refractivity contribution in [2.45, 2.75) is 31.7 Å². The van der Waals surface area contributed by atoms with Crippen LogP contribution in [0.1, 0.15) is 31.2 Å². The molecule has 3 aromatic rings. The van der Waals surface area contributed by atoms with E-state index in [4.69, 9.17) is 16.3 Å². The van der Waals surface area contributed by atoms with Crippen LogP contribution in [0.2, 0.25) is 5.02 Å². The second kappa shape index (κ2) is 11.5. The van der Waals surface area contributed by atoms with E-state index in [9.17, 15) is 14.4 Å². The third-order valence-corrected chi connectivity index (χ3v) is 5.82. The number of amides is 3. The van der Waals surface area contributed by atoms with E-state index in [0.717, 1.165) is 36.9 Å². The monoisotopic (exact) mass is 492 g/mol. The van der Waals surface area contributed by atoms with Crippen molar-refractivity contribution in [1.82, 2.24) is 20.4 Å². The molecule has 1 aliphatic carbocycles. The van der Waals surface area contributed by atoms with Crippen LogP contribution in [-0.4, -0.2) is 40.3 Å². The lowest BCUT2D eigenvalue weighted by Gasteiger charge is -2.12. The number of carbonyl (C=O) groups is 3. The second-order valence-corrected chi connectivity index (χ2v) is 8.60. The Labute approximate surface area is 207 Å². The fourth-order valence-corrected chi connectivity index (χ4v) is 3.98. The molecule has 0 aliphatic heterocycles. The molecule has 9 heteroatoms. The van der Waals surface area contributed by atoms with Crippen LogP contribution in [0.3, 0.4) is 0 Å². The molecule has 0 atom stereocenters. The molecule has 8 nitrogen and oxygen atoms in total. The molecule has 1 aliphatic rings. The van der Waals surface area contributed by atoms with Gasteiger partial charge in [0, 0.05) is 34.5 Å². The summed E-state index contributed by atoms with van der Waals surface area (Å²) in [7, 11) is 0. The van der Waals surface area contributed by atoms with E-state index in [2.05, 4.69) is 15.7 Å². The summed E-state index contributed by atoms with van der Waals surface area (Å²) in [6, 6.07) is 16.3. The number of benzene rings is 2. The average molecular weight is 493 g/mol. The molecule has 35 heavy (non-hydrogen) atoms. The molecule has 1 saturated carbocycles.